The molecule has 1 aliphatic heterocycles. The summed E-state index contributed by atoms with van der Waals surface area (Å²) >= 11 is 0. The fourth-order valence-electron chi connectivity index (χ4n) is 3.12. The van der Waals surface area contributed by atoms with Gasteiger partial charge in [-0.25, -0.2) is 0 Å². The van der Waals surface area contributed by atoms with Crippen molar-refractivity contribution >= 4 is 5.91 Å². The number of piperidine rings is 1. The van der Waals surface area contributed by atoms with Crippen molar-refractivity contribution in [1.82, 2.24) is 15.0 Å². The van der Waals surface area contributed by atoms with Gasteiger partial charge < -0.3 is 9.42 Å². The summed E-state index contributed by atoms with van der Waals surface area (Å²) in [6, 6.07) is 8.22. The average molecular weight is 341 g/mol. The van der Waals surface area contributed by atoms with Crippen LogP contribution in [0.25, 0.3) is 11.4 Å². The molecule has 1 amide bonds. The number of likely N-dealkylation sites (tertiary alicyclic amines) is 1. The van der Waals surface area contributed by atoms with Crippen molar-refractivity contribution in [2.24, 2.45) is 5.92 Å². The number of hydrogen-bond acceptors (Lipinski definition) is 4. The highest BCUT2D eigenvalue weighted by molar-refractivity contribution is 5.76. The summed E-state index contributed by atoms with van der Waals surface area (Å²) in [6.07, 6.45) is 3.13. The Hall–Kier alpha value is -2.17. The molecule has 0 atom stereocenters. The highest BCUT2D eigenvalue weighted by Crippen LogP contribution is 2.21. The van der Waals surface area contributed by atoms with E-state index in [1.165, 1.54) is 5.56 Å². The zero-order valence-corrected chi connectivity index (χ0v) is 15.4. The molecule has 0 spiro atoms. The predicted molar refractivity (Wildman–Crippen MR) is 97.1 cm³/mol. The normalized spacial score (nSPS) is 15.8. The molecule has 5 heteroatoms. The van der Waals surface area contributed by atoms with Crippen LogP contribution in [0, 0.1) is 5.92 Å². The molecule has 0 aliphatic carbocycles. The Bertz CT molecular complexity index is 698. The molecular formula is C20H27N3O2. The minimum absolute atomic E-state index is 0.188. The Morgan fingerprint density at radius 1 is 1.24 bits per heavy atom. The van der Waals surface area contributed by atoms with Crippen molar-refractivity contribution in [3.8, 4) is 11.4 Å². The highest BCUT2D eigenvalue weighted by Gasteiger charge is 2.20. The van der Waals surface area contributed by atoms with Crippen molar-refractivity contribution in [1.29, 1.82) is 0 Å². The largest absolute Gasteiger partial charge is 0.343 e. The van der Waals surface area contributed by atoms with Crippen LogP contribution in [0.3, 0.4) is 0 Å². The first-order valence-corrected chi connectivity index (χ1v) is 9.23. The van der Waals surface area contributed by atoms with Crippen LogP contribution in [-0.4, -0.2) is 34.0 Å². The van der Waals surface area contributed by atoms with Gasteiger partial charge in [0.25, 0.3) is 0 Å². The topological polar surface area (TPSA) is 59.2 Å². The summed E-state index contributed by atoms with van der Waals surface area (Å²) in [6.45, 7) is 8.33. The third-order valence-electron chi connectivity index (χ3n) is 4.99. The lowest BCUT2D eigenvalue weighted by Crippen LogP contribution is -2.38. The standard InChI is InChI=1S/C20H27N3O2/c1-14(2)16-4-6-17(7-5-16)20-21-18(25-22-20)8-9-19(24)23-12-10-15(3)11-13-23/h4-7,14-15H,8-13H2,1-3H3. The third-order valence-corrected chi connectivity index (χ3v) is 4.99. The summed E-state index contributed by atoms with van der Waals surface area (Å²) < 4.78 is 5.32. The lowest BCUT2D eigenvalue weighted by molar-refractivity contribution is -0.132. The van der Waals surface area contributed by atoms with Crippen molar-refractivity contribution in [3.05, 3.63) is 35.7 Å². The number of rotatable bonds is 5. The van der Waals surface area contributed by atoms with Gasteiger partial charge in [-0.3, -0.25) is 4.79 Å². The van der Waals surface area contributed by atoms with E-state index in [9.17, 15) is 4.79 Å². The van der Waals surface area contributed by atoms with E-state index in [2.05, 4.69) is 43.0 Å². The maximum Gasteiger partial charge on any atom is 0.227 e. The van der Waals surface area contributed by atoms with Crippen LogP contribution < -0.4 is 0 Å². The fourth-order valence-corrected chi connectivity index (χ4v) is 3.12. The van der Waals surface area contributed by atoms with Crippen LogP contribution >= 0.6 is 0 Å². The third kappa shape index (κ3) is 4.47. The smallest absolute Gasteiger partial charge is 0.227 e. The van der Waals surface area contributed by atoms with Gasteiger partial charge in [-0.15, -0.1) is 0 Å². The van der Waals surface area contributed by atoms with Crippen molar-refractivity contribution in [2.75, 3.05) is 13.1 Å². The van der Waals surface area contributed by atoms with E-state index in [1.807, 2.05) is 17.0 Å². The zero-order valence-electron chi connectivity index (χ0n) is 15.4. The lowest BCUT2D eigenvalue weighted by atomic mass is 9.99. The predicted octanol–water partition coefficient (Wildman–Crippen LogP) is 4.05. The molecule has 2 heterocycles. The number of aryl methyl sites for hydroxylation is 1. The SMILES string of the molecule is CC1CCN(C(=O)CCc2nc(-c3ccc(C(C)C)cc3)no2)CC1. The van der Waals surface area contributed by atoms with E-state index in [4.69, 9.17) is 4.52 Å². The number of carbonyl (C=O) groups excluding carboxylic acids is 1. The number of benzene rings is 1. The minimum atomic E-state index is 0.188. The fraction of sp³-hybridized carbons (Fsp3) is 0.550. The van der Waals surface area contributed by atoms with Crippen molar-refractivity contribution in [3.63, 3.8) is 0 Å². The molecule has 2 aromatic rings. The zero-order chi connectivity index (χ0) is 17.8. The summed E-state index contributed by atoms with van der Waals surface area (Å²) in [7, 11) is 0. The number of aromatic nitrogens is 2. The van der Waals surface area contributed by atoms with Gasteiger partial charge in [0, 0.05) is 31.5 Å². The Morgan fingerprint density at radius 3 is 2.56 bits per heavy atom. The van der Waals surface area contributed by atoms with Crippen LogP contribution in [0.4, 0.5) is 0 Å². The molecule has 1 aromatic heterocycles. The second kappa shape index (κ2) is 7.81. The molecule has 0 saturated carbocycles. The molecule has 0 N–H and O–H groups in total. The molecule has 0 bridgehead atoms. The van der Waals surface area contributed by atoms with Gasteiger partial charge in [0.1, 0.15) is 0 Å². The number of nitrogens with zero attached hydrogens (tertiary/aromatic N) is 3. The Morgan fingerprint density at radius 2 is 1.92 bits per heavy atom. The van der Waals surface area contributed by atoms with Gasteiger partial charge in [0.05, 0.1) is 0 Å². The molecule has 0 radical (unpaired) electrons. The molecule has 1 fully saturated rings. The Balaban J connectivity index is 1.55. The molecule has 1 saturated heterocycles. The molecule has 134 valence electrons. The van der Waals surface area contributed by atoms with E-state index in [0.717, 1.165) is 37.4 Å². The van der Waals surface area contributed by atoms with Crippen LogP contribution in [0.2, 0.25) is 0 Å². The van der Waals surface area contributed by atoms with E-state index >= 15 is 0 Å². The Labute approximate surface area is 149 Å². The van der Waals surface area contributed by atoms with E-state index in [-0.39, 0.29) is 5.91 Å². The van der Waals surface area contributed by atoms with Crippen LogP contribution in [0.15, 0.2) is 28.8 Å². The van der Waals surface area contributed by atoms with Crippen LogP contribution in [-0.2, 0) is 11.2 Å². The highest BCUT2D eigenvalue weighted by atomic mass is 16.5. The van der Waals surface area contributed by atoms with E-state index in [1.54, 1.807) is 0 Å². The van der Waals surface area contributed by atoms with Crippen molar-refractivity contribution in [2.45, 2.75) is 52.4 Å². The van der Waals surface area contributed by atoms with Gasteiger partial charge >= 0.3 is 0 Å². The molecule has 25 heavy (non-hydrogen) atoms. The van der Waals surface area contributed by atoms with Gasteiger partial charge in [0.15, 0.2) is 0 Å². The maximum absolute atomic E-state index is 12.3. The van der Waals surface area contributed by atoms with Gasteiger partial charge in [0.2, 0.25) is 17.6 Å². The van der Waals surface area contributed by atoms with E-state index < -0.39 is 0 Å². The first kappa shape index (κ1) is 17.6. The first-order chi connectivity index (χ1) is 12.0. The summed E-state index contributed by atoms with van der Waals surface area (Å²) in [4.78, 5) is 18.7. The van der Waals surface area contributed by atoms with Crippen molar-refractivity contribution < 1.29 is 9.32 Å². The monoisotopic (exact) mass is 341 g/mol. The molecule has 3 rings (SSSR count). The molecule has 0 unspecified atom stereocenters. The molecule has 5 nitrogen and oxygen atoms in total. The number of amides is 1. The molecule has 1 aromatic carbocycles. The lowest BCUT2D eigenvalue weighted by Gasteiger charge is -2.30. The molecule has 1 aliphatic rings. The number of carbonyl (C=O) groups is 1. The maximum atomic E-state index is 12.3. The number of hydrogen-bond donors (Lipinski definition) is 0. The molecular weight excluding hydrogens is 314 g/mol. The average Bonchev–Trinajstić information content (AvgIpc) is 3.09. The summed E-state index contributed by atoms with van der Waals surface area (Å²) in [5.41, 5.74) is 2.23. The van der Waals surface area contributed by atoms with Crippen LogP contribution in [0.1, 0.15) is 57.4 Å². The van der Waals surface area contributed by atoms with Crippen LogP contribution in [0.5, 0.6) is 0 Å². The van der Waals surface area contributed by atoms with Gasteiger partial charge in [-0.2, -0.15) is 4.98 Å². The Kier molecular flexibility index (Phi) is 5.51. The summed E-state index contributed by atoms with van der Waals surface area (Å²) in [5.74, 6) is 2.53. The minimum Gasteiger partial charge on any atom is -0.343 e. The first-order valence-electron chi connectivity index (χ1n) is 9.23. The second-order valence-electron chi connectivity index (χ2n) is 7.35. The van der Waals surface area contributed by atoms with E-state index in [0.29, 0.717) is 30.5 Å². The van der Waals surface area contributed by atoms with Gasteiger partial charge in [-0.05, 0) is 30.2 Å². The van der Waals surface area contributed by atoms with Gasteiger partial charge in [-0.1, -0.05) is 50.2 Å². The quantitative estimate of drug-likeness (QED) is 0.823. The summed E-state index contributed by atoms with van der Waals surface area (Å²) in [5, 5.41) is 4.05. The second-order valence-corrected chi connectivity index (χ2v) is 7.35.